The average Bonchev–Trinajstić information content (AvgIpc) is 3.03. The number of nitrogens with zero attached hydrogens (tertiary/aromatic N) is 2. The molecule has 0 spiro atoms. The molecule has 1 atom stereocenters. The first-order chi connectivity index (χ1) is 11.7. The van der Waals surface area contributed by atoms with Gasteiger partial charge in [0, 0.05) is 38.0 Å². The second kappa shape index (κ2) is 6.80. The van der Waals surface area contributed by atoms with Gasteiger partial charge in [0.2, 0.25) is 0 Å². The zero-order chi connectivity index (χ0) is 16.5. The molecule has 0 aromatic heterocycles. The van der Waals surface area contributed by atoms with Crippen LogP contribution in [0.25, 0.3) is 0 Å². The molecule has 2 bridgehead atoms. The summed E-state index contributed by atoms with van der Waals surface area (Å²) < 4.78 is 2.81. The van der Waals surface area contributed by atoms with Gasteiger partial charge in [-0.1, -0.05) is 30.3 Å². The SMILES string of the molecule is C[N+]1(CCC[N+]23CCC(CC2)C(Cc2ccccc2)C3)CCCC1. The van der Waals surface area contributed by atoms with E-state index in [1.807, 2.05) is 0 Å². The van der Waals surface area contributed by atoms with Crippen molar-refractivity contribution in [3.8, 4) is 0 Å². The highest BCUT2D eigenvalue weighted by atomic mass is 15.4. The molecule has 1 aromatic carbocycles. The highest BCUT2D eigenvalue weighted by molar-refractivity contribution is 5.15. The van der Waals surface area contributed by atoms with E-state index in [2.05, 4.69) is 37.4 Å². The van der Waals surface area contributed by atoms with Gasteiger partial charge in [-0.05, 0) is 17.9 Å². The lowest BCUT2D eigenvalue weighted by atomic mass is 9.74. The quantitative estimate of drug-likeness (QED) is 0.698. The van der Waals surface area contributed by atoms with Crippen molar-refractivity contribution in [1.29, 1.82) is 0 Å². The summed E-state index contributed by atoms with van der Waals surface area (Å²) in [7, 11) is 2.49. The third-order valence-electron chi connectivity index (χ3n) is 7.55. The Hall–Kier alpha value is -0.860. The first-order valence-electron chi connectivity index (χ1n) is 10.4. The summed E-state index contributed by atoms with van der Waals surface area (Å²) in [6.45, 7) is 10.1. The number of benzene rings is 1. The zero-order valence-corrected chi connectivity index (χ0v) is 15.6. The van der Waals surface area contributed by atoms with Gasteiger partial charge in [-0.25, -0.2) is 0 Å². The molecule has 4 fully saturated rings. The molecule has 24 heavy (non-hydrogen) atoms. The molecular formula is C22H36N2+2. The zero-order valence-electron chi connectivity index (χ0n) is 15.6. The minimum absolute atomic E-state index is 0.937. The van der Waals surface area contributed by atoms with E-state index in [0.29, 0.717) is 0 Å². The number of likely N-dealkylation sites (tertiary alicyclic amines) is 1. The maximum absolute atomic E-state index is 2.49. The molecule has 2 nitrogen and oxygen atoms in total. The smallest absolute Gasteiger partial charge is 0.0841 e. The fraction of sp³-hybridized carbons (Fsp3) is 0.727. The molecule has 1 aromatic rings. The van der Waals surface area contributed by atoms with E-state index >= 15 is 0 Å². The van der Waals surface area contributed by atoms with Crippen molar-refractivity contribution in [2.75, 3.05) is 52.9 Å². The molecule has 0 radical (unpaired) electrons. The highest BCUT2D eigenvalue weighted by Gasteiger charge is 2.45. The van der Waals surface area contributed by atoms with Crippen LogP contribution < -0.4 is 0 Å². The average molecular weight is 329 g/mol. The summed E-state index contributed by atoms with van der Waals surface area (Å²) in [6, 6.07) is 11.2. The van der Waals surface area contributed by atoms with Crippen LogP contribution in [0.1, 0.15) is 37.7 Å². The minimum atomic E-state index is 0.937. The number of quaternary nitrogens is 2. The Bertz CT molecular complexity index is 524. The summed E-state index contributed by atoms with van der Waals surface area (Å²) in [4.78, 5) is 0. The van der Waals surface area contributed by atoms with Gasteiger partial charge in [0.05, 0.1) is 52.9 Å². The highest BCUT2D eigenvalue weighted by Crippen LogP contribution is 2.39. The van der Waals surface area contributed by atoms with Crippen molar-refractivity contribution in [3.05, 3.63) is 35.9 Å². The number of piperidine rings is 3. The van der Waals surface area contributed by atoms with Crippen LogP contribution in [0.5, 0.6) is 0 Å². The number of rotatable bonds is 6. The van der Waals surface area contributed by atoms with Crippen LogP contribution in [0.2, 0.25) is 0 Å². The predicted molar refractivity (Wildman–Crippen MR) is 101 cm³/mol. The van der Waals surface area contributed by atoms with Crippen LogP contribution in [0.3, 0.4) is 0 Å². The summed E-state index contributed by atoms with van der Waals surface area (Å²) in [5.74, 6) is 1.94. The van der Waals surface area contributed by atoms with Crippen molar-refractivity contribution < 1.29 is 8.97 Å². The van der Waals surface area contributed by atoms with E-state index in [1.165, 1.54) is 93.3 Å². The van der Waals surface area contributed by atoms with E-state index in [1.54, 1.807) is 5.56 Å². The maximum Gasteiger partial charge on any atom is 0.0841 e. The van der Waals surface area contributed by atoms with Crippen LogP contribution in [0, 0.1) is 11.8 Å². The molecule has 4 aliphatic rings. The maximum atomic E-state index is 2.49. The van der Waals surface area contributed by atoms with E-state index in [-0.39, 0.29) is 0 Å². The Labute approximate surface area is 148 Å². The molecule has 4 saturated heterocycles. The van der Waals surface area contributed by atoms with E-state index in [9.17, 15) is 0 Å². The third-order valence-corrected chi connectivity index (χ3v) is 7.55. The Morgan fingerprint density at radius 2 is 1.62 bits per heavy atom. The Morgan fingerprint density at radius 3 is 2.33 bits per heavy atom. The standard InChI is InChI=1S/C22H36N2/c1-23(12-5-6-13-23)14-7-15-24-16-10-21(11-17-24)22(19-24)18-20-8-3-2-4-9-20/h2-4,8-9,21-22H,5-7,10-19H2,1H3/q+2. The van der Waals surface area contributed by atoms with Crippen LogP contribution in [0.4, 0.5) is 0 Å². The molecule has 0 N–H and O–H groups in total. The summed E-state index contributed by atoms with van der Waals surface area (Å²) in [5.41, 5.74) is 1.56. The molecule has 132 valence electrons. The second-order valence-electron chi connectivity index (χ2n) is 9.33. The van der Waals surface area contributed by atoms with E-state index in [0.717, 1.165) is 11.8 Å². The van der Waals surface area contributed by atoms with Crippen LogP contribution in [0.15, 0.2) is 30.3 Å². The molecule has 0 saturated carbocycles. The number of hydrogen-bond acceptors (Lipinski definition) is 0. The van der Waals surface area contributed by atoms with Crippen LogP contribution in [-0.2, 0) is 6.42 Å². The fourth-order valence-electron chi connectivity index (χ4n) is 6.01. The lowest BCUT2D eigenvalue weighted by Gasteiger charge is -2.53. The molecule has 4 aliphatic heterocycles. The molecule has 0 amide bonds. The van der Waals surface area contributed by atoms with Crippen LogP contribution >= 0.6 is 0 Å². The molecule has 5 rings (SSSR count). The monoisotopic (exact) mass is 328 g/mol. The Balaban J connectivity index is 1.34. The molecule has 4 heterocycles. The van der Waals surface area contributed by atoms with Crippen molar-refractivity contribution in [1.82, 2.24) is 0 Å². The Kier molecular flexibility index (Phi) is 4.70. The van der Waals surface area contributed by atoms with E-state index < -0.39 is 0 Å². The van der Waals surface area contributed by atoms with Crippen molar-refractivity contribution >= 4 is 0 Å². The van der Waals surface area contributed by atoms with Crippen molar-refractivity contribution in [3.63, 3.8) is 0 Å². The number of hydrogen-bond donors (Lipinski definition) is 0. The van der Waals surface area contributed by atoms with Gasteiger partial charge in [-0.15, -0.1) is 0 Å². The van der Waals surface area contributed by atoms with Gasteiger partial charge in [0.15, 0.2) is 0 Å². The number of fused-ring (bicyclic) bond motifs is 3. The first kappa shape index (κ1) is 16.6. The van der Waals surface area contributed by atoms with E-state index in [4.69, 9.17) is 0 Å². The van der Waals surface area contributed by atoms with Gasteiger partial charge >= 0.3 is 0 Å². The van der Waals surface area contributed by atoms with Gasteiger partial charge in [0.25, 0.3) is 0 Å². The minimum Gasteiger partial charge on any atom is -0.326 e. The summed E-state index contributed by atoms with van der Waals surface area (Å²) in [5, 5.41) is 0. The van der Waals surface area contributed by atoms with Crippen LogP contribution in [-0.4, -0.2) is 61.8 Å². The van der Waals surface area contributed by atoms with Gasteiger partial charge in [0.1, 0.15) is 0 Å². The molecule has 2 heteroatoms. The Morgan fingerprint density at radius 1 is 0.917 bits per heavy atom. The van der Waals surface area contributed by atoms with Crippen molar-refractivity contribution in [2.24, 2.45) is 11.8 Å². The lowest BCUT2D eigenvalue weighted by Crippen LogP contribution is -2.62. The largest absolute Gasteiger partial charge is 0.326 e. The second-order valence-corrected chi connectivity index (χ2v) is 9.33. The van der Waals surface area contributed by atoms with Crippen molar-refractivity contribution in [2.45, 2.75) is 38.5 Å². The summed E-state index contributed by atoms with van der Waals surface area (Å²) in [6.07, 6.45) is 8.65. The van der Waals surface area contributed by atoms with Gasteiger partial charge in [-0.3, -0.25) is 0 Å². The van der Waals surface area contributed by atoms with Gasteiger partial charge < -0.3 is 8.97 Å². The summed E-state index contributed by atoms with van der Waals surface area (Å²) >= 11 is 0. The van der Waals surface area contributed by atoms with Gasteiger partial charge in [-0.2, -0.15) is 0 Å². The normalized spacial score (nSPS) is 34.5. The molecular weight excluding hydrogens is 292 g/mol. The topological polar surface area (TPSA) is 0 Å². The fourth-order valence-corrected chi connectivity index (χ4v) is 6.01. The predicted octanol–water partition coefficient (Wildman–Crippen LogP) is 3.72. The molecule has 1 unspecified atom stereocenters. The molecule has 0 aliphatic carbocycles. The lowest BCUT2D eigenvalue weighted by molar-refractivity contribution is -0.952. The third kappa shape index (κ3) is 3.55. The first-order valence-corrected chi connectivity index (χ1v) is 10.4.